The van der Waals surface area contributed by atoms with Gasteiger partial charge in [0.1, 0.15) is 11.9 Å². The Morgan fingerprint density at radius 2 is 2.24 bits per heavy atom. The fourth-order valence-corrected chi connectivity index (χ4v) is 6.26. The van der Waals surface area contributed by atoms with Crippen LogP contribution in [0.15, 0.2) is 46.0 Å². The van der Waals surface area contributed by atoms with Crippen molar-refractivity contribution in [2.45, 2.75) is 31.5 Å². The lowest BCUT2D eigenvalue weighted by molar-refractivity contribution is -0.136. The van der Waals surface area contributed by atoms with Crippen LogP contribution in [0.3, 0.4) is 0 Å². The molecule has 3 atom stereocenters. The third-order valence-corrected chi connectivity index (χ3v) is 8.17. The maximum absolute atomic E-state index is 13.9. The molecule has 37 heavy (non-hydrogen) atoms. The molecule has 2 unspecified atom stereocenters. The predicted octanol–water partition coefficient (Wildman–Crippen LogP) is 3.48. The number of aromatic nitrogens is 3. The number of hydrogen-bond donors (Lipinski definition) is 2. The number of rotatable bonds is 5. The lowest BCUT2D eigenvalue weighted by Crippen LogP contribution is -2.54. The summed E-state index contributed by atoms with van der Waals surface area (Å²) in [5.74, 6) is -0.488. The van der Waals surface area contributed by atoms with Crippen molar-refractivity contribution < 1.29 is 18.7 Å². The van der Waals surface area contributed by atoms with Crippen LogP contribution in [0.1, 0.15) is 39.6 Å². The molecule has 1 fully saturated rings. The standard InChI is InChI=1S/C25H24ClFN6O3S/c1-12-20-17(32-31-12)8-14-10-36-11-19(20)33(14)9-18-21(25(34)35-2)22(15-4-3-13(27)7-16(15)26)30-23(29-18)24-28-5-6-37-24/h3-7,14,19,22H,8-11H2,1-2H3,(H,29,30)(H,31,32)/t14?,19-,22?/m0/s1. The van der Waals surface area contributed by atoms with Gasteiger partial charge in [0.2, 0.25) is 0 Å². The molecular weight excluding hydrogens is 519 g/mol. The molecular formula is C25H24ClFN6O3S. The van der Waals surface area contributed by atoms with E-state index in [1.54, 1.807) is 12.3 Å². The van der Waals surface area contributed by atoms with Crippen LogP contribution in [-0.4, -0.2) is 64.8 Å². The number of thiazole rings is 1. The first-order valence-electron chi connectivity index (χ1n) is 11.8. The quantitative estimate of drug-likeness (QED) is 0.476. The molecule has 192 valence electrons. The lowest BCUT2D eigenvalue weighted by atomic mass is 9.89. The number of aryl methyl sites for hydroxylation is 1. The van der Waals surface area contributed by atoms with E-state index >= 15 is 0 Å². The second-order valence-electron chi connectivity index (χ2n) is 9.18. The number of fused-ring (bicyclic) bond motifs is 4. The van der Waals surface area contributed by atoms with Crippen LogP contribution >= 0.6 is 22.9 Å². The third kappa shape index (κ3) is 4.25. The number of H-pyrrole nitrogens is 1. The number of nitrogens with one attached hydrogen (secondary N) is 2. The predicted molar refractivity (Wildman–Crippen MR) is 136 cm³/mol. The van der Waals surface area contributed by atoms with Crippen molar-refractivity contribution in [3.8, 4) is 0 Å². The number of nitrogens with zero attached hydrogens (tertiary/aromatic N) is 4. The first-order valence-corrected chi connectivity index (χ1v) is 13.1. The van der Waals surface area contributed by atoms with Crippen molar-refractivity contribution in [2.24, 2.45) is 4.99 Å². The number of benzene rings is 1. The minimum atomic E-state index is -0.803. The fraction of sp³-hybridized carbons (Fsp3) is 0.360. The van der Waals surface area contributed by atoms with Gasteiger partial charge in [0.15, 0.2) is 10.8 Å². The molecule has 2 bridgehead atoms. The van der Waals surface area contributed by atoms with E-state index in [9.17, 15) is 9.18 Å². The Labute approximate surface area is 221 Å². The van der Waals surface area contributed by atoms with Gasteiger partial charge < -0.3 is 14.8 Å². The zero-order valence-corrected chi connectivity index (χ0v) is 21.7. The molecule has 1 saturated heterocycles. The van der Waals surface area contributed by atoms with Gasteiger partial charge in [0.25, 0.3) is 0 Å². The molecule has 2 N–H and O–H groups in total. The summed E-state index contributed by atoms with van der Waals surface area (Å²) >= 11 is 7.90. The minimum Gasteiger partial charge on any atom is -0.466 e. The average Bonchev–Trinajstić information content (AvgIpc) is 3.54. The van der Waals surface area contributed by atoms with E-state index in [0.717, 1.165) is 23.4 Å². The first-order chi connectivity index (χ1) is 17.9. The molecule has 12 heteroatoms. The lowest BCUT2D eigenvalue weighted by Gasteiger charge is -2.46. The van der Waals surface area contributed by atoms with Gasteiger partial charge in [-0.05, 0) is 19.1 Å². The Morgan fingerprint density at radius 1 is 1.38 bits per heavy atom. The van der Waals surface area contributed by atoms with Crippen molar-refractivity contribution >= 4 is 34.7 Å². The molecule has 5 heterocycles. The Hall–Kier alpha value is -3.12. The molecule has 3 aliphatic heterocycles. The van der Waals surface area contributed by atoms with Crippen LogP contribution in [0.5, 0.6) is 0 Å². The highest BCUT2D eigenvalue weighted by molar-refractivity contribution is 7.11. The molecule has 0 saturated carbocycles. The number of carbonyl (C=O) groups excluding carboxylic acids is 1. The number of aromatic amines is 1. The van der Waals surface area contributed by atoms with E-state index in [1.807, 2.05) is 12.3 Å². The zero-order chi connectivity index (χ0) is 25.7. The highest BCUT2D eigenvalue weighted by Crippen LogP contribution is 2.40. The maximum atomic E-state index is 13.9. The number of methoxy groups -OCH3 is 1. The molecule has 1 aromatic carbocycles. The fourth-order valence-electron chi connectivity index (χ4n) is 5.40. The zero-order valence-electron chi connectivity index (χ0n) is 20.1. The summed E-state index contributed by atoms with van der Waals surface area (Å²) in [5, 5.41) is 13.7. The number of amidine groups is 1. The second-order valence-corrected chi connectivity index (χ2v) is 10.5. The summed E-state index contributed by atoms with van der Waals surface area (Å²) in [4.78, 5) is 24.8. The number of hydrogen-bond acceptors (Lipinski definition) is 9. The third-order valence-electron chi connectivity index (χ3n) is 7.07. The van der Waals surface area contributed by atoms with Gasteiger partial charge in [0.05, 0.1) is 37.6 Å². The number of ether oxygens (including phenoxy) is 2. The molecule has 3 aliphatic rings. The van der Waals surface area contributed by atoms with E-state index in [-0.39, 0.29) is 17.1 Å². The smallest absolute Gasteiger partial charge is 0.338 e. The molecule has 0 amide bonds. The Balaban J connectivity index is 1.47. The Bertz CT molecular complexity index is 1420. The topological polar surface area (TPSA) is 105 Å². The second kappa shape index (κ2) is 9.64. The van der Waals surface area contributed by atoms with E-state index in [4.69, 9.17) is 26.1 Å². The molecule has 0 aliphatic carbocycles. The molecule has 9 nitrogen and oxygen atoms in total. The average molecular weight is 543 g/mol. The highest BCUT2D eigenvalue weighted by atomic mass is 35.5. The van der Waals surface area contributed by atoms with E-state index < -0.39 is 17.8 Å². The van der Waals surface area contributed by atoms with E-state index in [0.29, 0.717) is 47.4 Å². The number of esters is 1. The monoisotopic (exact) mass is 542 g/mol. The molecule has 0 radical (unpaired) electrons. The van der Waals surface area contributed by atoms with E-state index in [1.165, 1.54) is 30.6 Å². The number of aliphatic imine (C=N–C) groups is 1. The van der Waals surface area contributed by atoms with Crippen LogP contribution in [-0.2, 0) is 20.7 Å². The minimum absolute atomic E-state index is 0.0236. The van der Waals surface area contributed by atoms with Gasteiger partial charge in [-0.3, -0.25) is 15.0 Å². The molecule has 2 aromatic heterocycles. The van der Waals surface area contributed by atoms with Crippen molar-refractivity contribution in [3.63, 3.8) is 0 Å². The van der Waals surface area contributed by atoms with Gasteiger partial charge in [-0.15, -0.1) is 11.3 Å². The van der Waals surface area contributed by atoms with Gasteiger partial charge in [-0.1, -0.05) is 17.7 Å². The highest BCUT2D eigenvalue weighted by Gasteiger charge is 2.42. The molecule has 6 rings (SSSR count). The normalized spacial score (nSPS) is 23.4. The number of morpholine rings is 1. The largest absolute Gasteiger partial charge is 0.466 e. The summed E-state index contributed by atoms with van der Waals surface area (Å²) in [6.45, 7) is 3.48. The van der Waals surface area contributed by atoms with Gasteiger partial charge in [-0.2, -0.15) is 5.10 Å². The first kappa shape index (κ1) is 24.2. The number of halogens is 2. The summed E-state index contributed by atoms with van der Waals surface area (Å²) in [7, 11) is 1.33. The SMILES string of the molecule is COC(=O)C1=C(CN2C3COC[C@H]2c2c(C)n[nH]c2C3)NC(c2nccs2)=NC1c1ccc(F)cc1Cl. The Kier molecular flexibility index (Phi) is 6.31. The van der Waals surface area contributed by atoms with Crippen molar-refractivity contribution in [2.75, 3.05) is 26.9 Å². The summed E-state index contributed by atoms with van der Waals surface area (Å²) < 4.78 is 25.1. The molecule has 3 aromatic rings. The Morgan fingerprint density at radius 3 is 3.00 bits per heavy atom. The summed E-state index contributed by atoms with van der Waals surface area (Å²) in [6.07, 6.45) is 2.45. The van der Waals surface area contributed by atoms with Crippen LogP contribution < -0.4 is 5.32 Å². The van der Waals surface area contributed by atoms with E-state index in [2.05, 4.69) is 25.4 Å². The van der Waals surface area contributed by atoms with Crippen LogP contribution in [0.2, 0.25) is 5.02 Å². The van der Waals surface area contributed by atoms with Gasteiger partial charge in [-0.25, -0.2) is 14.2 Å². The van der Waals surface area contributed by atoms with Crippen LogP contribution in [0.25, 0.3) is 0 Å². The van der Waals surface area contributed by atoms with Crippen molar-refractivity contribution in [1.82, 2.24) is 25.4 Å². The number of carbonyl (C=O) groups is 1. The molecule has 0 spiro atoms. The van der Waals surface area contributed by atoms with Gasteiger partial charge >= 0.3 is 5.97 Å². The maximum Gasteiger partial charge on any atom is 0.338 e. The van der Waals surface area contributed by atoms with Crippen LogP contribution in [0, 0.1) is 12.7 Å². The van der Waals surface area contributed by atoms with Gasteiger partial charge in [0, 0.05) is 58.1 Å². The van der Waals surface area contributed by atoms with Crippen molar-refractivity contribution in [3.05, 3.63) is 79.4 Å². The summed E-state index contributed by atoms with van der Waals surface area (Å²) in [6, 6.07) is 3.36. The summed E-state index contributed by atoms with van der Waals surface area (Å²) in [5.41, 5.74) is 4.68. The van der Waals surface area contributed by atoms with Crippen LogP contribution in [0.4, 0.5) is 4.39 Å². The van der Waals surface area contributed by atoms with Crippen molar-refractivity contribution in [1.29, 1.82) is 0 Å².